The summed E-state index contributed by atoms with van der Waals surface area (Å²) in [7, 11) is 1.56. The number of ether oxygens (including phenoxy) is 1. The van der Waals surface area contributed by atoms with Gasteiger partial charge in [-0.05, 0) is 31.0 Å². The second-order valence-corrected chi connectivity index (χ2v) is 5.86. The van der Waals surface area contributed by atoms with Crippen LogP contribution in [-0.2, 0) is 16.0 Å². The van der Waals surface area contributed by atoms with E-state index in [1.54, 1.807) is 13.3 Å². The average Bonchev–Trinajstić information content (AvgIpc) is 2.61. The van der Waals surface area contributed by atoms with E-state index >= 15 is 0 Å². The lowest BCUT2D eigenvalue weighted by Crippen LogP contribution is -2.35. The van der Waals surface area contributed by atoms with Crippen LogP contribution in [0.15, 0.2) is 48.7 Å². The molecule has 1 aromatic carbocycles. The van der Waals surface area contributed by atoms with Gasteiger partial charge in [0.25, 0.3) is 0 Å². The van der Waals surface area contributed by atoms with Crippen LogP contribution < -0.4 is 11.1 Å². The summed E-state index contributed by atoms with van der Waals surface area (Å²) < 4.78 is 5.19. The molecule has 0 aliphatic carbocycles. The Kier molecular flexibility index (Phi) is 6.90. The summed E-state index contributed by atoms with van der Waals surface area (Å²) >= 11 is 0. The summed E-state index contributed by atoms with van der Waals surface area (Å²) in [5, 5.41) is 3.06. The Morgan fingerprint density at radius 1 is 1.25 bits per heavy atom. The quantitative estimate of drug-likeness (QED) is 0.779. The van der Waals surface area contributed by atoms with Gasteiger partial charge in [-0.2, -0.15) is 0 Å². The Bertz CT molecular complexity index is 625. The molecule has 128 valence electrons. The SMILES string of the molecule is COC(CN)CC(=O)NC(Cc1ccc(C)cc1)c1ccccn1. The second kappa shape index (κ2) is 9.15. The Morgan fingerprint density at radius 2 is 2.00 bits per heavy atom. The third kappa shape index (κ3) is 5.44. The van der Waals surface area contributed by atoms with Crippen LogP contribution in [0.4, 0.5) is 0 Å². The normalized spacial score (nSPS) is 13.3. The van der Waals surface area contributed by atoms with Crippen molar-refractivity contribution in [2.45, 2.75) is 31.9 Å². The van der Waals surface area contributed by atoms with E-state index in [1.807, 2.05) is 18.2 Å². The van der Waals surface area contributed by atoms with Crippen LogP contribution in [0.5, 0.6) is 0 Å². The number of rotatable bonds is 8. The number of aryl methyl sites for hydroxylation is 1. The number of nitrogens with zero attached hydrogens (tertiary/aromatic N) is 1. The largest absolute Gasteiger partial charge is 0.380 e. The zero-order valence-electron chi connectivity index (χ0n) is 14.2. The standard InChI is InChI=1S/C19H25N3O2/c1-14-6-8-15(9-7-14)11-18(17-5-3-4-10-21-17)22-19(23)12-16(13-20)24-2/h3-10,16,18H,11-13,20H2,1-2H3,(H,22,23). The van der Waals surface area contributed by atoms with Crippen molar-refractivity contribution in [3.63, 3.8) is 0 Å². The first-order valence-electron chi connectivity index (χ1n) is 8.11. The molecule has 1 aromatic heterocycles. The van der Waals surface area contributed by atoms with Crippen LogP contribution in [0.25, 0.3) is 0 Å². The number of carbonyl (C=O) groups is 1. The van der Waals surface area contributed by atoms with Crippen molar-refractivity contribution >= 4 is 5.91 Å². The fourth-order valence-electron chi connectivity index (χ4n) is 2.49. The number of aromatic nitrogens is 1. The van der Waals surface area contributed by atoms with Crippen LogP contribution >= 0.6 is 0 Å². The number of benzene rings is 1. The lowest BCUT2D eigenvalue weighted by molar-refractivity contribution is -0.124. The fourth-order valence-corrected chi connectivity index (χ4v) is 2.49. The van der Waals surface area contributed by atoms with E-state index < -0.39 is 0 Å². The summed E-state index contributed by atoms with van der Waals surface area (Å²) in [4.78, 5) is 16.7. The molecule has 0 bridgehead atoms. The number of nitrogens with one attached hydrogen (secondary N) is 1. The predicted octanol–water partition coefficient (Wildman–Crippen LogP) is 2.15. The molecular weight excluding hydrogens is 302 g/mol. The molecule has 2 rings (SSSR count). The first-order chi connectivity index (χ1) is 11.6. The van der Waals surface area contributed by atoms with Crippen molar-refractivity contribution in [1.29, 1.82) is 0 Å². The highest BCUT2D eigenvalue weighted by molar-refractivity contribution is 5.77. The van der Waals surface area contributed by atoms with E-state index in [2.05, 4.69) is 41.5 Å². The molecule has 0 saturated heterocycles. The third-order valence-electron chi connectivity index (χ3n) is 3.95. The van der Waals surface area contributed by atoms with Gasteiger partial charge in [-0.1, -0.05) is 35.9 Å². The molecule has 2 atom stereocenters. The molecule has 0 radical (unpaired) electrons. The molecule has 5 heteroatoms. The van der Waals surface area contributed by atoms with Crippen LogP contribution in [0, 0.1) is 6.92 Å². The van der Waals surface area contributed by atoms with Gasteiger partial charge >= 0.3 is 0 Å². The van der Waals surface area contributed by atoms with Gasteiger partial charge in [0.2, 0.25) is 5.91 Å². The molecule has 24 heavy (non-hydrogen) atoms. The van der Waals surface area contributed by atoms with Crippen LogP contribution in [0.2, 0.25) is 0 Å². The molecule has 1 amide bonds. The molecule has 0 saturated carbocycles. The molecule has 5 nitrogen and oxygen atoms in total. The van der Waals surface area contributed by atoms with Crippen molar-refractivity contribution < 1.29 is 9.53 Å². The zero-order valence-corrected chi connectivity index (χ0v) is 14.2. The number of nitrogens with two attached hydrogens (primary N) is 1. The molecular formula is C19H25N3O2. The van der Waals surface area contributed by atoms with E-state index in [9.17, 15) is 4.79 Å². The van der Waals surface area contributed by atoms with Crippen molar-refractivity contribution in [2.24, 2.45) is 5.73 Å². The smallest absolute Gasteiger partial charge is 0.223 e. The Labute approximate surface area is 143 Å². The van der Waals surface area contributed by atoms with Crippen LogP contribution in [0.1, 0.15) is 29.3 Å². The van der Waals surface area contributed by atoms with Crippen molar-refractivity contribution in [2.75, 3.05) is 13.7 Å². The van der Waals surface area contributed by atoms with Gasteiger partial charge in [0, 0.05) is 19.9 Å². The number of methoxy groups -OCH3 is 1. The van der Waals surface area contributed by atoms with Crippen molar-refractivity contribution in [3.8, 4) is 0 Å². The van der Waals surface area contributed by atoms with Gasteiger partial charge in [0.15, 0.2) is 0 Å². The minimum Gasteiger partial charge on any atom is -0.380 e. The molecule has 2 unspecified atom stereocenters. The maximum absolute atomic E-state index is 12.3. The topological polar surface area (TPSA) is 77.2 Å². The molecule has 3 N–H and O–H groups in total. The lowest BCUT2D eigenvalue weighted by atomic mass is 10.0. The average molecular weight is 327 g/mol. The van der Waals surface area contributed by atoms with Gasteiger partial charge in [-0.25, -0.2) is 0 Å². The van der Waals surface area contributed by atoms with Gasteiger partial charge in [-0.3, -0.25) is 9.78 Å². The maximum atomic E-state index is 12.3. The third-order valence-corrected chi connectivity index (χ3v) is 3.95. The molecule has 2 aromatic rings. The number of amides is 1. The highest BCUT2D eigenvalue weighted by Gasteiger charge is 2.19. The summed E-state index contributed by atoms with van der Waals surface area (Å²) in [5.74, 6) is -0.0879. The molecule has 1 heterocycles. The number of hydrogen-bond acceptors (Lipinski definition) is 4. The number of hydrogen-bond donors (Lipinski definition) is 2. The minimum atomic E-state index is -0.270. The summed E-state index contributed by atoms with van der Waals surface area (Å²) in [5.41, 5.74) is 8.80. The summed E-state index contributed by atoms with van der Waals surface area (Å²) in [6, 6.07) is 13.8. The molecule has 0 aliphatic heterocycles. The summed E-state index contributed by atoms with van der Waals surface area (Å²) in [6.45, 7) is 2.37. The first kappa shape index (κ1) is 18.1. The highest BCUT2D eigenvalue weighted by Crippen LogP contribution is 2.17. The number of pyridine rings is 1. The Balaban J connectivity index is 2.11. The predicted molar refractivity (Wildman–Crippen MR) is 94.5 cm³/mol. The van der Waals surface area contributed by atoms with Crippen molar-refractivity contribution in [1.82, 2.24) is 10.3 Å². The molecule has 0 aliphatic rings. The van der Waals surface area contributed by atoms with E-state index in [1.165, 1.54) is 5.56 Å². The lowest BCUT2D eigenvalue weighted by Gasteiger charge is -2.20. The number of carbonyl (C=O) groups excluding carboxylic acids is 1. The Hall–Kier alpha value is -2.24. The van der Waals surface area contributed by atoms with Gasteiger partial charge in [-0.15, -0.1) is 0 Å². The summed E-state index contributed by atoms with van der Waals surface area (Å²) in [6.07, 6.45) is 2.39. The van der Waals surface area contributed by atoms with Crippen LogP contribution in [0.3, 0.4) is 0 Å². The van der Waals surface area contributed by atoms with E-state index in [4.69, 9.17) is 10.5 Å². The fraction of sp³-hybridized carbons (Fsp3) is 0.368. The van der Waals surface area contributed by atoms with E-state index in [0.29, 0.717) is 13.0 Å². The zero-order chi connectivity index (χ0) is 17.4. The molecule has 0 spiro atoms. The first-order valence-corrected chi connectivity index (χ1v) is 8.11. The minimum absolute atomic E-state index is 0.0879. The molecule has 0 fully saturated rings. The second-order valence-electron chi connectivity index (χ2n) is 5.86. The van der Waals surface area contributed by atoms with Crippen molar-refractivity contribution in [3.05, 3.63) is 65.5 Å². The highest BCUT2D eigenvalue weighted by atomic mass is 16.5. The van der Waals surface area contributed by atoms with Gasteiger partial charge in [0.05, 0.1) is 24.3 Å². The van der Waals surface area contributed by atoms with Gasteiger partial charge in [0.1, 0.15) is 0 Å². The Morgan fingerprint density at radius 3 is 2.58 bits per heavy atom. The van der Waals surface area contributed by atoms with Crippen LogP contribution in [-0.4, -0.2) is 30.6 Å². The van der Waals surface area contributed by atoms with E-state index in [-0.39, 0.29) is 24.5 Å². The monoisotopic (exact) mass is 327 g/mol. The maximum Gasteiger partial charge on any atom is 0.223 e. The van der Waals surface area contributed by atoms with E-state index in [0.717, 1.165) is 11.3 Å². The van der Waals surface area contributed by atoms with Gasteiger partial charge < -0.3 is 15.8 Å².